The lowest BCUT2D eigenvalue weighted by molar-refractivity contribution is -0.117. The molecule has 0 aromatic heterocycles. The van der Waals surface area contributed by atoms with Crippen LogP contribution in [-0.4, -0.2) is 25.2 Å². The first kappa shape index (κ1) is 21.5. The number of rotatable bonds is 5. The SMILES string of the molecule is O=C(C[C@H]1c2ccccc2CCN1S(=O)(=O)c1ccccc1)Nc1ccc(F)c(Cl)c1. The second kappa shape index (κ2) is 8.78. The van der Waals surface area contributed by atoms with Crippen molar-refractivity contribution in [3.05, 3.63) is 94.8 Å². The minimum Gasteiger partial charge on any atom is -0.326 e. The molecule has 31 heavy (non-hydrogen) atoms. The highest BCUT2D eigenvalue weighted by Gasteiger charge is 2.37. The molecule has 5 nitrogen and oxygen atoms in total. The van der Waals surface area contributed by atoms with Gasteiger partial charge in [-0.3, -0.25) is 4.79 Å². The van der Waals surface area contributed by atoms with Crippen molar-refractivity contribution in [1.82, 2.24) is 4.31 Å². The zero-order valence-electron chi connectivity index (χ0n) is 16.5. The molecule has 0 aliphatic carbocycles. The van der Waals surface area contributed by atoms with Crippen LogP contribution < -0.4 is 5.32 Å². The molecule has 0 unspecified atom stereocenters. The van der Waals surface area contributed by atoms with Gasteiger partial charge in [-0.1, -0.05) is 54.1 Å². The first-order valence-corrected chi connectivity index (χ1v) is 11.6. The van der Waals surface area contributed by atoms with Crippen molar-refractivity contribution >= 4 is 33.2 Å². The number of hydrogen-bond donors (Lipinski definition) is 1. The predicted octanol–water partition coefficient (Wildman–Crippen LogP) is 4.80. The molecule has 0 saturated carbocycles. The number of benzene rings is 3. The van der Waals surface area contributed by atoms with Gasteiger partial charge < -0.3 is 5.32 Å². The van der Waals surface area contributed by atoms with E-state index in [1.54, 1.807) is 30.3 Å². The Hall–Kier alpha value is -2.74. The van der Waals surface area contributed by atoms with E-state index in [0.29, 0.717) is 12.1 Å². The van der Waals surface area contributed by atoms with Crippen LogP contribution in [0.15, 0.2) is 77.7 Å². The molecule has 4 rings (SSSR count). The van der Waals surface area contributed by atoms with Gasteiger partial charge in [0.05, 0.1) is 16.0 Å². The lowest BCUT2D eigenvalue weighted by Crippen LogP contribution is -2.41. The van der Waals surface area contributed by atoms with Gasteiger partial charge in [-0.15, -0.1) is 0 Å². The number of fused-ring (bicyclic) bond motifs is 1. The quantitative estimate of drug-likeness (QED) is 0.597. The zero-order valence-corrected chi connectivity index (χ0v) is 18.0. The molecule has 1 amide bonds. The first-order chi connectivity index (χ1) is 14.9. The first-order valence-electron chi connectivity index (χ1n) is 9.76. The molecule has 1 heterocycles. The Labute approximate surface area is 185 Å². The predicted molar refractivity (Wildman–Crippen MR) is 118 cm³/mol. The van der Waals surface area contributed by atoms with Crippen LogP contribution in [0.3, 0.4) is 0 Å². The number of anilines is 1. The van der Waals surface area contributed by atoms with Crippen molar-refractivity contribution in [2.45, 2.75) is 23.8 Å². The molecule has 3 aromatic rings. The fourth-order valence-corrected chi connectivity index (χ4v) is 5.62. The summed E-state index contributed by atoms with van der Waals surface area (Å²) >= 11 is 5.79. The minimum atomic E-state index is -3.80. The third-order valence-electron chi connectivity index (χ3n) is 5.30. The fraction of sp³-hybridized carbons (Fsp3) is 0.174. The Morgan fingerprint density at radius 3 is 2.52 bits per heavy atom. The fourth-order valence-electron chi connectivity index (χ4n) is 3.82. The summed E-state index contributed by atoms with van der Waals surface area (Å²) in [6, 6.07) is 19.0. The second-order valence-electron chi connectivity index (χ2n) is 7.27. The number of hydrogen-bond acceptors (Lipinski definition) is 3. The molecule has 1 aliphatic heterocycles. The van der Waals surface area contributed by atoms with Crippen molar-refractivity contribution in [2.24, 2.45) is 0 Å². The standard InChI is InChI=1S/C23H20ClFN2O3S/c24-20-14-17(10-11-21(20)25)26-23(28)15-22-19-9-5-4-6-16(19)12-13-27(22)31(29,30)18-7-2-1-3-8-18/h1-11,14,22H,12-13,15H2,(H,26,28)/t22-/m0/s1. The van der Waals surface area contributed by atoms with Crippen LogP contribution >= 0.6 is 11.6 Å². The summed E-state index contributed by atoms with van der Waals surface area (Å²) in [6.07, 6.45) is 0.478. The average Bonchev–Trinajstić information content (AvgIpc) is 2.77. The van der Waals surface area contributed by atoms with Crippen LogP contribution in [0.25, 0.3) is 0 Å². The van der Waals surface area contributed by atoms with Crippen LogP contribution in [0, 0.1) is 5.82 Å². The highest BCUT2D eigenvalue weighted by Crippen LogP contribution is 2.36. The third kappa shape index (κ3) is 4.49. The topological polar surface area (TPSA) is 66.5 Å². The zero-order chi connectivity index (χ0) is 22.0. The normalized spacial score (nSPS) is 16.5. The molecule has 0 spiro atoms. The van der Waals surface area contributed by atoms with Crippen LogP contribution in [0.4, 0.5) is 10.1 Å². The van der Waals surface area contributed by atoms with Crippen molar-refractivity contribution in [1.29, 1.82) is 0 Å². The van der Waals surface area contributed by atoms with Crippen molar-refractivity contribution in [3.8, 4) is 0 Å². The summed E-state index contributed by atoms with van der Waals surface area (Å²) in [5, 5.41) is 2.59. The summed E-state index contributed by atoms with van der Waals surface area (Å²) in [5.41, 5.74) is 2.17. The molecule has 3 aromatic carbocycles. The van der Waals surface area contributed by atoms with Gasteiger partial charge in [0.1, 0.15) is 5.82 Å². The number of nitrogens with one attached hydrogen (secondary N) is 1. The van der Waals surface area contributed by atoms with Gasteiger partial charge >= 0.3 is 0 Å². The van der Waals surface area contributed by atoms with Gasteiger partial charge in [0.25, 0.3) is 0 Å². The molecule has 0 bridgehead atoms. The Bertz CT molecular complexity index is 1220. The number of carbonyl (C=O) groups excluding carboxylic acids is 1. The van der Waals surface area contributed by atoms with Crippen molar-refractivity contribution in [3.63, 3.8) is 0 Å². The number of nitrogens with zero attached hydrogens (tertiary/aromatic N) is 1. The van der Waals surface area contributed by atoms with E-state index < -0.39 is 27.8 Å². The Kier molecular flexibility index (Phi) is 6.09. The van der Waals surface area contributed by atoms with Gasteiger partial charge in [0.2, 0.25) is 15.9 Å². The van der Waals surface area contributed by atoms with E-state index in [1.807, 2.05) is 24.3 Å². The smallest absolute Gasteiger partial charge is 0.243 e. The van der Waals surface area contributed by atoms with Crippen molar-refractivity contribution < 1.29 is 17.6 Å². The highest BCUT2D eigenvalue weighted by atomic mass is 35.5. The van der Waals surface area contributed by atoms with Crippen LogP contribution in [0.1, 0.15) is 23.6 Å². The van der Waals surface area contributed by atoms with E-state index >= 15 is 0 Å². The van der Waals surface area contributed by atoms with E-state index in [2.05, 4.69) is 5.32 Å². The maximum Gasteiger partial charge on any atom is 0.243 e. The second-order valence-corrected chi connectivity index (χ2v) is 9.57. The Balaban J connectivity index is 1.65. The van der Waals surface area contributed by atoms with Gasteiger partial charge in [-0.05, 0) is 47.9 Å². The molecular formula is C23H20ClFN2O3S. The van der Waals surface area contributed by atoms with E-state index in [4.69, 9.17) is 11.6 Å². The van der Waals surface area contributed by atoms with Crippen LogP contribution in [-0.2, 0) is 21.2 Å². The van der Waals surface area contributed by atoms with E-state index in [1.165, 1.54) is 22.5 Å². The minimum absolute atomic E-state index is 0.0852. The molecule has 1 atom stereocenters. The molecule has 0 radical (unpaired) electrons. The number of sulfonamides is 1. The maximum atomic E-state index is 13.4. The monoisotopic (exact) mass is 458 g/mol. The molecule has 0 fully saturated rings. The summed E-state index contributed by atoms with van der Waals surface area (Å²) in [4.78, 5) is 13.0. The number of carbonyl (C=O) groups is 1. The van der Waals surface area contributed by atoms with E-state index in [-0.39, 0.29) is 22.9 Å². The molecule has 1 aliphatic rings. The Morgan fingerprint density at radius 2 is 1.77 bits per heavy atom. The molecule has 8 heteroatoms. The largest absolute Gasteiger partial charge is 0.326 e. The summed E-state index contributed by atoms with van der Waals surface area (Å²) in [7, 11) is -3.80. The molecule has 0 saturated heterocycles. The van der Waals surface area contributed by atoms with Gasteiger partial charge in [-0.2, -0.15) is 4.31 Å². The Morgan fingerprint density at radius 1 is 1.06 bits per heavy atom. The third-order valence-corrected chi connectivity index (χ3v) is 7.51. The summed E-state index contributed by atoms with van der Waals surface area (Å²) < 4.78 is 41.5. The van der Waals surface area contributed by atoms with Crippen molar-refractivity contribution in [2.75, 3.05) is 11.9 Å². The van der Waals surface area contributed by atoms with Gasteiger partial charge in [-0.25, -0.2) is 12.8 Å². The van der Waals surface area contributed by atoms with Crippen LogP contribution in [0.5, 0.6) is 0 Å². The number of halogens is 2. The number of amides is 1. The average molecular weight is 459 g/mol. The van der Waals surface area contributed by atoms with Gasteiger partial charge in [0.15, 0.2) is 0 Å². The van der Waals surface area contributed by atoms with Gasteiger partial charge in [0, 0.05) is 18.7 Å². The summed E-state index contributed by atoms with van der Waals surface area (Å²) in [6.45, 7) is 0.272. The lowest BCUT2D eigenvalue weighted by atomic mass is 9.92. The van der Waals surface area contributed by atoms with Crippen LogP contribution in [0.2, 0.25) is 5.02 Å². The van der Waals surface area contributed by atoms with E-state index in [0.717, 1.165) is 11.1 Å². The highest BCUT2D eigenvalue weighted by molar-refractivity contribution is 7.89. The van der Waals surface area contributed by atoms with E-state index in [9.17, 15) is 17.6 Å². The molecule has 160 valence electrons. The molecule has 1 N–H and O–H groups in total. The molecular weight excluding hydrogens is 439 g/mol. The summed E-state index contributed by atoms with van der Waals surface area (Å²) in [5.74, 6) is -0.973. The lowest BCUT2D eigenvalue weighted by Gasteiger charge is -2.36. The maximum absolute atomic E-state index is 13.4.